The molecule has 3 rings (SSSR count). The van der Waals surface area contributed by atoms with Crippen LogP contribution in [0.5, 0.6) is 0 Å². The molecule has 0 spiro atoms. The summed E-state index contributed by atoms with van der Waals surface area (Å²) < 4.78 is 7.13. The van der Waals surface area contributed by atoms with E-state index in [1.807, 2.05) is 25.2 Å². The van der Waals surface area contributed by atoms with Crippen molar-refractivity contribution < 1.29 is 9.22 Å². The Balaban J connectivity index is 1.98. The van der Waals surface area contributed by atoms with Gasteiger partial charge in [0.1, 0.15) is 0 Å². The molecule has 1 N–H and O–H groups in total. The van der Waals surface area contributed by atoms with E-state index in [1.165, 1.54) is 10.4 Å². The quantitative estimate of drug-likeness (QED) is 0.137. The molecule has 188 valence electrons. The molecule has 5 nitrogen and oxygen atoms in total. The molecular formula is C28H41N3O2Si2. The van der Waals surface area contributed by atoms with Gasteiger partial charge in [0.2, 0.25) is 0 Å². The molecule has 0 saturated carbocycles. The van der Waals surface area contributed by atoms with Gasteiger partial charge in [0.25, 0.3) is 8.32 Å². The third kappa shape index (κ3) is 5.65. The molecule has 0 bridgehead atoms. The summed E-state index contributed by atoms with van der Waals surface area (Å²) in [7, 11) is -5.08. The van der Waals surface area contributed by atoms with E-state index in [-0.39, 0.29) is 16.0 Å². The van der Waals surface area contributed by atoms with Crippen molar-refractivity contribution in [3.8, 4) is 0 Å². The maximum absolute atomic E-state index is 10.8. The van der Waals surface area contributed by atoms with Crippen LogP contribution in [-0.4, -0.2) is 33.6 Å². The van der Waals surface area contributed by atoms with E-state index in [1.54, 1.807) is 0 Å². The van der Waals surface area contributed by atoms with E-state index >= 15 is 0 Å². The fourth-order valence-corrected chi connectivity index (χ4v) is 10.6. The monoisotopic (exact) mass is 507 g/mol. The Morgan fingerprint density at radius 1 is 1.00 bits per heavy atom. The smallest absolute Gasteiger partial charge is 0.261 e. The predicted molar refractivity (Wildman–Crippen MR) is 151 cm³/mol. The van der Waals surface area contributed by atoms with Crippen LogP contribution in [-0.2, 0) is 4.43 Å². The maximum Gasteiger partial charge on any atom is 0.261 e. The fraction of sp³-hybridized carbons (Fsp3) is 0.500. The average Bonchev–Trinajstić information content (AvgIpc) is 3.16. The zero-order valence-electron chi connectivity index (χ0n) is 22.3. The predicted octanol–water partition coefficient (Wildman–Crippen LogP) is 6.56. The van der Waals surface area contributed by atoms with E-state index in [0.29, 0.717) is 13.0 Å². The van der Waals surface area contributed by atoms with Gasteiger partial charge in [-0.2, -0.15) is 0 Å². The van der Waals surface area contributed by atoms with Crippen molar-refractivity contribution >= 4 is 27.0 Å². The summed E-state index contributed by atoms with van der Waals surface area (Å²) in [5.74, 6) is 0.233. The zero-order chi connectivity index (χ0) is 26.0. The van der Waals surface area contributed by atoms with Crippen LogP contribution < -0.4 is 10.4 Å². The first-order chi connectivity index (χ1) is 16.3. The largest absolute Gasteiger partial charge is 0.432 e. The number of hydrogen-bond acceptors (Lipinski definition) is 3. The summed E-state index contributed by atoms with van der Waals surface area (Å²) in [6.45, 7) is 15.4. The van der Waals surface area contributed by atoms with Crippen molar-refractivity contribution in [1.29, 1.82) is 0 Å². The van der Waals surface area contributed by atoms with E-state index in [9.17, 15) is 10.3 Å². The van der Waals surface area contributed by atoms with Crippen LogP contribution >= 0.6 is 0 Å². The summed E-state index contributed by atoms with van der Waals surface area (Å²) in [5.41, 5.74) is 8.78. The van der Waals surface area contributed by atoms with Crippen molar-refractivity contribution in [2.75, 3.05) is 6.61 Å². The fourth-order valence-electron chi connectivity index (χ4n) is 5.24. The molecule has 1 aliphatic rings. The van der Waals surface area contributed by atoms with E-state index < -0.39 is 22.2 Å². The standard InChI is InChI=1S/C28H41N3O2Si2/c1-26(2,3)35(24-14-10-8-11-15-24,25-16-12-9-13-17-25)33-22-28(30-31-29)19-18-23(21-28)20-27(4,5)34(6,7)32/h8-19,23,32H,20-22H2,1-7H3/t23-,28-/m0/s1. The first-order valence-electron chi connectivity index (χ1n) is 12.5. The van der Waals surface area contributed by atoms with Crippen molar-refractivity contribution in [3.63, 3.8) is 0 Å². The van der Waals surface area contributed by atoms with Gasteiger partial charge >= 0.3 is 0 Å². The van der Waals surface area contributed by atoms with E-state index in [4.69, 9.17) is 4.43 Å². The second kappa shape index (κ2) is 10.1. The second-order valence-electron chi connectivity index (χ2n) is 12.2. The number of allylic oxidation sites excluding steroid dienone is 1. The Morgan fingerprint density at radius 3 is 1.94 bits per heavy atom. The summed E-state index contributed by atoms with van der Waals surface area (Å²) >= 11 is 0. The molecule has 0 aromatic heterocycles. The van der Waals surface area contributed by atoms with Crippen LogP contribution in [0.2, 0.25) is 23.2 Å². The van der Waals surface area contributed by atoms with Gasteiger partial charge in [0, 0.05) is 11.5 Å². The van der Waals surface area contributed by atoms with Crippen molar-refractivity contribution in [1.82, 2.24) is 0 Å². The zero-order valence-corrected chi connectivity index (χ0v) is 24.3. The summed E-state index contributed by atoms with van der Waals surface area (Å²) in [6, 6.07) is 21.1. The third-order valence-electron chi connectivity index (χ3n) is 7.92. The molecule has 0 aliphatic heterocycles. The molecule has 0 saturated heterocycles. The molecule has 0 radical (unpaired) electrons. The van der Waals surface area contributed by atoms with Crippen molar-refractivity contribution in [2.45, 2.75) is 76.2 Å². The Morgan fingerprint density at radius 2 is 1.51 bits per heavy atom. The lowest BCUT2D eigenvalue weighted by Gasteiger charge is -2.44. The number of hydrogen-bond donors (Lipinski definition) is 1. The van der Waals surface area contributed by atoms with Crippen LogP contribution in [0.1, 0.15) is 47.5 Å². The molecule has 2 aromatic rings. The van der Waals surface area contributed by atoms with Crippen LogP contribution in [0.15, 0.2) is 77.9 Å². The average molecular weight is 508 g/mol. The molecule has 2 atom stereocenters. The summed E-state index contributed by atoms with van der Waals surface area (Å²) in [5, 5.41) is 6.44. The van der Waals surface area contributed by atoms with Gasteiger partial charge in [0.15, 0.2) is 8.32 Å². The van der Waals surface area contributed by atoms with Gasteiger partial charge in [-0.25, -0.2) is 0 Å². The van der Waals surface area contributed by atoms with Crippen LogP contribution in [0.3, 0.4) is 0 Å². The third-order valence-corrected chi connectivity index (χ3v) is 16.4. The van der Waals surface area contributed by atoms with Gasteiger partial charge in [0.05, 0.1) is 5.54 Å². The lowest BCUT2D eigenvalue weighted by Crippen LogP contribution is -2.67. The minimum absolute atomic E-state index is 0.146. The number of nitrogens with zero attached hydrogens (tertiary/aromatic N) is 3. The molecule has 35 heavy (non-hydrogen) atoms. The van der Waals surface area contributed by atoms with Gasteiger partial charge in [-0.05, 0) is 57.8 Å². The Bertz CT molecular complexity index is 1030. The highest BCUT2D eigenvalue weighted by atomic mass is 28.4. The molecule has 7 heteroatoms. The number of rotatable bonds is 9. The van der Waals surface area contributed by atoms with Crippen LogP contribution in [0.4, 0.5) is 0 Å². The van der Waals surface area contributed by atoms with Crippen LogP contribution in [0.25, 0.3) is 10.4 Å². The first-order valence-corrected chi connectivity index (χ1v) is 17.3. The highest BCUT2D eigenvalue weighted by Crippen LogP contribution is 2.47. The molecule has 2 aromatic carbocycles. The normalized spacial score (nSPS) is 21.1. The first kappa shape index (κ1) is 27.4. The van der Waals surface area contributed by atoms with Crippen LogP contribution in [0, 0.1) is 5.92 Å². The Hall–Kier alpha value is -2.16. The minimum atomic E-state index is -2.74. The lowest BCUT2D eigenvalue weighted by atomic mass is 9.91. The van der Waals surface area contributed by atoms with Gasteiger partial charge in [-0.15, -0.1) is 0 Å². The molecule has 0 unspecified atom stereocenters. The topological polar surface area (TPSA) is 78.2 Å². The Kier molecular flexibility index (Phi) is 7.89. The van der Waals surface area contributed by atoms with Crippen molar-refractivity contribution in [2.24, 2.45) is 11.0 Å². The van der Waals surface area contributed by atoms with Crippen molar-refractivity contribution in [3.05, 3.63) is 83.3 Å². The molecule has 0 amide bonds. The number of azide groups is 1. The Labute approximate surface area is 213 Å². The molecule has 0 fully saturated rings. The molecule has 0 heterocycles. The summed E-state index contributed by atoms with van der Waals surface area (Å²) in [4.78, 5) is 14.1. The maximum atomic E-state index is 10.8. The number of benzene rings is 2. The van der Waals surface area contributed by atoms with Gasteiger partial charge in [-0.1, -0.05) is 113 Å². The molecule has 1 aliphatic carbocycles. The van der Waals surface area contributed by atoms with E-state index in [2.05, 4.69) is 105 Å². The van der Waals surface area contributed by atoms with Gasteiger partial charge < -0.3 is 9.22 Å². The van der Waals surface area contributed by atoms with E-state index in [0.717, 1.165) is 6.42 Å². The minimum Gasteiger partial charge on any atom is -0.432 e. The highest BCUT2D eigenvalue weighted by Gasteiger charge is 2.52. The SMILES string of the molecule is CC(C)(C[C@@H]1C=C[C@](CO[Si](c2ccccc2)(c2ccccc2)C(C)(C)C)(N=[N+]=[N-])C1)[Si](C)(C)O. The van der Waals surface area contributed by atoms with Gasteiger partial charge in [-0.3, -0.25) is 0 Å². The summed E-state index contributed by atoms with van der Waals surface area (Å²) in [6.07, 6.45) is 5.78. The lowest BCUT2D eigenvalue weighted by molar-refractivity contribution is 0.221. The molecular weight excluding hydrogens is 466 g/mol. The second-order valence-corrected chi connectivity index (χ2v) is 21.0. The highest BCUT2D eigenvalue weighted by molar-refractivity contribution is 6.99.